The van der Waals surface area contributed by atoms with E-state index in [-0.39, 0.29) is 23.7 Å². The Morgan fingerprint density at radius 2 is 2.11 bits per heavy atom. The highest BCUT2D eigenvalue weighted by molar-refractivity contribution is 5.56. The number of aromatic nitrogens is 2. The first-order valence-electron chi connectivity index (χ1n) is 5.31. The average molecular weight is 268 g/mol. The van der Waals surface area contributed by atoms with Crippen LogP contribution in [0.3, 0.4) is 0 Å². The zero-order chi connectivity index (χ0) is 14.2. The van der Waals surface area contributed by atoms with Crippen molar-refractivity contribution in [3.05, 3.63) is 51.2 Å². The van der Waals surface area contributed by atoms with Crippen LogP contribution in [-0.4, -0.2) is 14.7 Å². The summed E-state index contributed by atoms with van der Waals surface area (Å²) in [6, 6.07) is 3.34. The van der Waals surface area contributed by atoms with Crippen molar-refractivity contribution in [1.82, 2.24) is 9.78 Å². The quantitative estimate of drug-likeness (QED) is 0.681. The maximum absolute atomic E-state index is 13.1. The summed E-state index contributed by atoms with van der Waals surface area (Å²) in [5, 5.41) is 14.7. The molecular weight excluding hydrogens is 258 g/mol. The SMILES string of the molecule is Cc1nn(Cc2ccc(F)c(F)c2)c(N)c1[N+](=O)[O-]. The van der Waals surface area contributed by atoms with Crippen LogP contribution in [0, 0.1) is 28.7 Å². The van der Waals surface area contributed by atoms with Crippen molar-refractivity contribution in [1.29, 1.82) is 0 Å². The lowest BCUT2D eigenvalue weighted by atomic mass is 10.2. The topological polar surface area (TPSA) is 87.0 Å². The van der Waals surface area contributed by atoms with Gasteiger partial charge in [0.05, 0.1) is 11.5 Å². The van der Waals surface area contributed by atoms with Gasteiger partial charge in [-0.25, -0.2) is 13.5 Å². The predicted molar refractivity (Wildman–Crippen MR) is 63.5 cm³/mol. The van der Waals surface area contributed by atoms with E-state index in [1.807, 2.05) is 0 Å². The minimum absolute atomic E-state index is 0.0255. The molecule has 0 bridgehead atoms. The lowest BCUT2D eigenvalue weighted by Gasteiger charge is -2.04. The van der Waals surface area contributed by atoms with Gasteiger partial charge in [-0.2, -0.15) is 5.10 Å². The summed E-state index contributed by atoms with van der Waals surface area (Å²) in [5.41, 5.74) is 5.91. The fraction of sp³-hybridized carbons (Fsp3) is 0.182. The monoisotopic (exact) mass is 268 g/mol. The second kappa shape index (κ2) is 4.63. The van der Waals surface area contributed by atoms with Crippen LogP contribution in [0.15, 0.2) is 18.2 Å². The zero-order valence-corrected chi connectivity index (χ0v) is 9.93. The third-order valence-electron chi connectivity index (χ3n) is 2.63. The van der Waals surface area contributed by atoms with Crippen molar-refractivity contribution in [3.63, 3.8) is 0 Å². The second-order valence-corrected chi connectivity index (χ2v) is 3.98. The lowest BCUT2D eigenvalue weighted by Crippen LogP contribution is -2.07. The molecule has 8 heteroatoms. The van der Waals surface area contributed by atoms with Crippen molar-refractivity contribution in [2.45, 2.75) is 13.5 Å². The van der Waals surface area contributed by atoms with E-state index in [9.17, 15) is 18.9 Å². The molecule has 0 aliphatic heterocycles. The number of hydrogen-bond acceptors (Lipinski definition) is 4. The fourth-order valence-corrected chi connectivity index (χ4v) is 1.75. The molecule has 0 spiro atoms. The van der Waals surface area contributed by atoms with Gasteiger partial charge in [0.15, 0.2) is 11.6 Å². The summed E-state index contributed by atoms with van der Waals surface area (Å²) < 4.78 is 27.0. The predicted octanol–water partition coefficient (Wildman–Crippen LogP) is 2.01. The summed E-state index contributed by atoms with van der Waals surface area (Å²) in [5.74, 6) is -2.07. The molecule has 1 aromatic carbocycles. The van der Waals surface area contributed by atoms with E-state index in [0.717, 1.165) is 12.1 Å². The summed E-state index contributed by atoms with van der Waals surface area (Å²) in [6.07, 6.45) is 0. The molecule has 1 aromatic heterocycles. The molecule has 0 saturated heterocycles. The summed E-state index contributed by atoms with van der Waals surface area (Å²) in [4.78, 5) is 10.1. The highest BCUT2D eigenvalue weighted by Crippen LogP contribution is 2.25. The minimum Gasteiger partial charge on any atom is -0.378 e. The van der Waals surface area contributed by atoms with E-state index in [0.29, 0.717) is 5.56 Å². The number of nitrogens with two attached hydrogens (primary N) is 1. The molecule has 100 valence electrons. The Balaban J connectivity index is 2.36. The Morgan fingerprint density at radius 1 is 1.42 bits per heavy atom. The maximum Gasteiger partial charge on any atom is 0.333 e. The molecule has 0 radical (unpaired) electrons. The fourth-order valence-electron chi connectivity index (χ4n) is 1.75. The summed E-state index contributed by atoms with van der Waals surface area (Å²) in [6.45, 7) is 1.48. The molecule has 19 heavy (non-hydrogen) atoms. The van der Waals surface area contributed by atoms with Crippen LogP contribution in [0.2, 0.25) is 0 Å². The molecule has 0 amide bonds. The average Bonchev–Trinajstić information content (AvgIpc) is 2.59. The molecule has 0 aliphatic carbocycles. The Bertz CT molecular complexity index is 654. The van der Waals surface area contributed by atoms with Crippen LogP contribution in [0.5, 0.6) is 0 Å². The van der Waals surface area contributed by atoms with Crippen LogP contribution < -0.4 is 5.73 Å². The van der Waals surface area contributed by atoms with E-state index in [1.165, 1.54) is 17.7 Å². The van der Waals surface area contributed by atoms with Crippen molar-refractivity contribution in [3.8, 4) is 0 Å². The van der Waals surface area contributed by atoms with Crippen LogP contribution >= 0.6 is 0 Å². The first kappa shape index (κ1) is 12.9. The van der Waals surface area contributed by atoms with Crippen LogP contribution in [0.4, 0.5) is 20.3 Å². The first-order chi connectivity index (χ1) is 8.90. The number of nitrogens with zero attached hydrogens (tertiary/aromatic N) is 3. The van der Waals surface area contributed by atoms with E-state index >= 15 is 0 Å². The largest absolute Gasteiger partial charge is 0.378 e. The number of anilines is 1. The minimum atomic E-state index is -0.991. The Morgan fingerprint density at radius 3 is 2.63 bits per heavy atom. The molecule has 0 fully saturated rings. The number of benzene rings is 1. The third-order valence-corrected chi connectivity index (χ3v) is 2.63. The molecule has 2 rings (SSSR count). The number of rotatable bonds is 3. The van der Waals surface area contributed by atoms with Gasteiger partial charge in [0.2, 0.25) is 5.82 Å². The maximum atomic E-state index is 13.1. The zero-order valence-electron chi connectivity index (χ0n) is 9.93. The van der Waals surface area contributed by atoms with Crippen molar-refractivity contribution in [2.75, 3.05) is 5.73 Å². The molecule has 0 atom stereocenters. The van der Waals surface area contributed by atoms with Crippen LogP contribution in [-0.2, 0) is 6.54 Å². The van der Waals surface area contributed by atoms with Gasteiger partial charge in [-0.3, -0.25) is 10.1 Å². The van der Waals surface area contributed by atoms with E-state index in [1.54, 1.807) is 0 Å². The molecule has 0 aliphatic rings. The van der Waals surface area contributed by atoms with Gasteiger partial charge in [0.25, 0.3) is 0 Å². The smallest absolute Gasteiger partial charge is 0.333 e. The number of nitrogen functional groups attached to an aromatic ring is 1. The van der Waals surface area contributed by atoms with Gasteiger partial charge in [-0.1, -0.05) is 6.07 Å². The Kier molecular flexibility index (Phi) is 3.16. The number of hydrogen-bond donors (Lipinski definition) is 1. The van der Waals surface area contributed by atoms with E-state index in [4.69, 9.17) is 5.73 Å². The molecule has 2 aromatic rings. The van der Waals surface area contributed by atoms with Crippen LogP contribution in [0.1, 0.15) is 11.3 Å². The molecule has 1 heterocycles. The van der Waals surface area contributed by atoms with Gasteiger partial charge in [-0.15, -0.1) is 0 Å². The third kappa shape index (κ3) is 2.37. The number of aryl methyl sites for hydroxylation is 1. The lowest BCUT2D eigenvalue weighted by molar-refractivity contribution is -0.384. The van der Waals surface area contributed by atoms with E-state index < -0.39 is 16.6 Å². The highest BCUT2D eigenvalue weighted by Gasteiger charge is 2.22. The molecule has 6 nitrogen and oxygen atoms in total. The van der Waals surface area contributed by atoms with E-state index in [2.05, 4.69) is 5.10 Å². The highest BCUT2D eigenvalue weighted by atomic mass is 19.2. The molecule has 2 N–H and O–H groups in total. The first-order valence-corrected chi connectivity index (χ1v) is 5.31. The standard InChI is InChI=1S/C11H10F2N4O2/c1-6-10(17(18)19)11(14)16(15-6)5-7-2-3-8(12)9(13)4-7/h2-4H,5,14H2,1H3. The van der Waals surface area contributed by atoms with Gasteiger partial charge in [0, 0.05) is 0 Å². The van der Waals surface area contributed by atoms with Gasteiger partial charge >= 0.3 is 5.69 Å². The van der Waals surface area contributed by atoms with Gasteiger partial charge < -0.3 is 5.73 Å². The van der Waals surface area contributed by atoms with Crippen LogP contribution in [0.25, 0.3) is 0 Å². The molecule has 0 unspecified atom stereocenters. The normalized spacial score (nSPS) is 10.7. The van der Waals surface area contributed by atoms with Crippen molar-refractivity contribution in [2.24, 2.45) is 0 Å². The van der Waals surface area contributed by atoms with Crippen molar-refractivity contribution < 1.29 is 13.7 Å². The van der Waals surface area contributed by atoms with Gasteiger partial charge in [0.1, 0.15) is 5.69 Å². The number of halogens is 2. The summed E-state index contributed by atoms with van der Waals surface area (Å²) >= 11 is 0. The Hall–Kier alpha value is -2.51. The van der Waals surface area contributed by atoms with Gasteiger partial charge in [-0.05, 0) is 24.6 Å². The Labute approximate surface area is 106 Å². The number of nitro groups is 1. The summed E-state index contributed by atoms with van der Waals surface area (Å²) in [7, 11) is 0. The molecule has 0 saturated carbocycles. The van der Waals surface area contributed by atoms with Crippen molar-refractivity contribution >= 4 is 11.5 Å². The second-order valence-electron chi connectivity index (χ2n) is 3.98. The molecular formula is C11H10F2N4O2.